The zero-order valence-corrected chi connectivity index (χ0v) is 15.0. The standard InChI is InChI=1S/C20H26N2O4/c1-12-10-16(12)19(24)21-14-7-5-6-13(11-14)18(23)22-17-9-4-2-3-8-15(17)20(25)26/h5-7,11-12,15-17H,2-4,8-10H2,1H3,(H,21,24)(H,22,23)(H,25,26)/t12?,15-,16?,17+/m1/s1. The first-order chi connectivity index (χ1) is 12.5. The fraction of sp³-hybridized carbons (Fsp3) is 0.550. The van der Waals surface area contributed by atoms with Gasteiger partial charge in [-0.05, 0) is 43.4 Å². The molecule has 2 amide bonds. The van der Waals surface area contributed by atoms with Crippen LogP contribution >= 0.6 is 0 Å². The van der Waals surface area contributed by atoms with Gasteiger partial charge in [-0.2, -0.15) is 0 Å². The fourth-order valence-electron chi connectivity index (χ4n) is 3.69. The lowest BCUT2D eigenvalue weighted by Crippen LogP contribution is -2.42. The Kier molecular flexibility index (Phi) is 5.59. The number of benzene rings is 1. The molecule has 0 radical (unpaired) electrons. The highest BCUT2D eigenvalue weighted by atomic mass is 16.4. The van der Waals surface area contributed by atoms with Crippen LogP contribution in [0.15, 0.2) is 24.3 Å². The van der Waals surface area contributed by atoms with Crippen molar-refractivity contribution >= 4 is 23.5 Å². The molecule has 2 unspecified atom stereocenters. The highest BCUT2D eigenvalue weighted by Crippen LogP contribution is 2.38. The smallest absolute Gasteiger partial charge is 0.308 e. The van der Waals surface area contributed by atoms with E-state index in [2.05, 4.69) is 10.6 Å². The van der Waals surface area contributed by atoms with Gasteiger partial charge in [0.25, 0.3) is 5.91 Å². The van der Waals surface area contributed by atoms with E-state index in [9.17, 15) is 19.5 Å². The van der Waals surface area contributed by atoms with Gasteiger partial charge in [-0.25, -0.2) is 0 Å². The molecule has 4 atom stereocenters. The van der Waals surface area contributed by atoms with Gasteiger partial charge in [0.05, 0.1) is 5.92 Å². The highest BCUT2D eigenvalue weighted by molar-refractivity contribution is 5.98. The third-order valence-electron chi connectivity index (χ3n) is 5.49. The Morgan fingerprint density at radius 3 is 2.50 bits per heavy atom. The van der Waals surface area contributed by atoms with Crippen LogP contribution in [0.25, 0.3) is 0 Å². The molecule has 0 heterocycles. The fourth-order valence-corrected chi connectivity index (χ4v) is 3.69. The summed E-state index contributed by atoms with van der Waals surface area (Å²) in [5, 5.41) is 15.2. The molecule has 0 saturated heterocycles. The molecule has 1 aromatic rings. The van der Waals surface area contributed by atoms with Crippen molar-refractivity contribution in [2.45, 2.75) is 51.5 Å². The Bertz CT molecular complexity index is 703. The Balaban J connectivity index is 1.66. The summed E-state index contributed by atoms with van der Waals surface area (Å²) in [7, 11) is 0. The van der Waals surface area contributed by atoms with Crippen LogP contribution in [0.5, 0.6) is 0 Å². The zero-order chi connectivity index (χ0) is 18.7. The molecule has 6 heteroatoms. The maximum Gasteiger partial charge on any atom is 0.308 e. The van der Waals surface area contributed by atoms with E-state index in [-0.39, 0.29) is 23.8 Å². The van der Waals surface area contributed by atoms with Gasteiger partial charge >= 0.3 is 5.97 Å². The number of rotatable bonds is 5. The summed E-state index contributed by atoms with van der Waals surface area (Å²) in [4.78, 5) is 36.2. The van der Waals surface area contributed by atoms with Crippen LogP contribution in [0.1, 0.15) is 55.8 Å². The van der Waals surface area contributed by atoms with Crippen molar-refractivity contribution in [1.82, 2.24) is 5.32 Å². The Hall–Kier alpha value is -2.37. The van der Waals surface area contributed by atoms with Gasteiger partial charge in [0.15, 0.2) is 0 Å². The lowest BCUT2D eigenvalue weighted by Gasteiger charge is -2.23. The number of nitrogens with one attached hydrogen (secondary N) is 2. The molecule has 26 heavy (non-hydrogen) atoms. The minimum atomic E-state index is -0.850. The van der Waals surface area contributed by atoms with Crippen LogP contribution in [0.4, 0.5) is 5.69 Å². The SMILES string of the molecule is CC1CC1C(=O)Nc1cccc(C(=O)N[C@H]2CCCCC[C@H]2C(=O)O)c1. The summed E-state index contributed by atoms with van der Waals surface area (Å²) in [5.74, 6) is -1.21. The molecule has 2 aliphatic carbocycles. The monoisotopic (exact) mass is 358 g/mol. The number of amides is 2. The Morgan fingerprint density at radius 1 is 1.08 bits per heavy atom. The van der Waals surface area contributed by atoms with Crippen molar-refractivity contribution in [1.29, 1.82) is 0 Å². The number of carboxylic acids is 1. The number of carboxylic acid groups (broad SMARTS) is 1. The van der Waals surface area contributed by atoms with E-state index >= 15 is 0 Å². The van der Waals surface area contributed by atoms with E-state index in [1.165, 1.54) is 0 Å². The van der Waals surface area contributed by atoms with Gasteiger partial charge in [-0.1, -0.05) is 32.3 Å². The minimum absolute atomic E-state index is 0.00947. The average molecular weight is 358 g/mol. The number of hydrogen-bond donors (Lipinski definition) is 3. The predicted molar refractivity (Wildman–Crippen MR) is 97.8 cm³/mol. The molecule has 2 fully saturated rings. The topological polar surface area (TPSA) is 95.5 Å². The molecule has 2 saturated carbocycles. The summed E-state index contributed by atoms with van der Waals surface area (Å²) < 4.78 is 0. The molecule has 140 valence electrons. The number of hydrogen-bond acceptors (Lipinski definition) is 3. The summed E-state index contributed by atoms with van der Waals surface area (Å²) in [5.41, 5.74) is 1.03. The second-order valence-corrected chi connectivity index (χ2v) is 7.55. The van der Waals surface area contributed by atoms with E-state index in [1.807, 2.05) is 6.92 Å². The van der Waals surface area contributed by atoms with Crippen molar-refractivity contribution in [3.63, 3.8) is 0 Å². The first-order valence-corrected chi connectivity index (χ1v) is 9.40. The summed E-state index contributed by atoms with van der Waals surface area (Å²) >= 11 is 0. The van der Waals surface area contributed by atoms with E-state index in [4.69, 9.17) is 0 Å². The summed E-state index contributed by atoms with van der Waals surface area (Å²) in [6, 6.07) is 6.45. The van der Waals surface area contributed by atoms with Crippen molar-refractivity contribution < 1.29 is 19.5 Å². The highest BCUT2D eigenvalue weighted by Gasteiger charge is 2.39. The lowest BCUT2D eigenvalue weighted by molar-refractivity contribution is -0.142. The average Bonchev–Trinajstić information content (AvgIpc) is 3.37. The molecule has 6 nitrogen and oxygen atoms in total. The first kappa shape index (κ1) is 18.4. The van der Waals surface area contributed by atoms with Gasteiger partial charge < -0.3 is 15.7 Å². The van der Waals surface area contributed by atoms with Crippen molar-refractivity contribution in [2.24, 2.45) is 17.8 Å². The van der Waals surface area contributed by atoms with Crippen molar-refractivity contribution in [3.05, 3.63) is 29.8 Å². The van der Waals surface area contributed by atoms with E-state index in [1.54, 1.807) is 24.3 Å². The van der Waals surface area contributed by atoms with Gasteiger partial charge in [-0.15, -0.1) is 0 Å². The maximum atomic E-state index is 12.6. The number of carbonyl (C=O) groups is 3. The molecule has 0 aromatic heterocycles. The van der Waals surface area contributed by atoms with Gasteiger partial charge in [0.2, 0.25) is 5.91 Å². The van der Waals surface area contributed by atoms with Gasteiger partial charge in [-0.3, -0.25) is 14.4 Å². The maximum absolute atomic E-state index is 12.6. The van der Waals surface area contributed by atoms with Crippen molar-refractivity contribution in [2.75, 3.05) is 5.32 Å². The number of aliphatic carboxylic acids is 1. The van der Waals surface area contributed by atoms with Crippen molar-refractivity contribution in [3.8, 4) is 0 Å². The van der Waals surface area contributed by atoms with E-state index < -0.39 is 11.9 Å². The lowest BCUT2D eigenvalue weighted by atomic mass is 9.94. The molecule has 3 rings (SSSR count). The Labute approximate surface area is 153 Å². The van der Waals surface area contributed by atoms with E-state index in [0.717, 1.165) is 25.7 Å². The Morgan fingerprint density at radius 2 is 1.81 bits per heavy atom. The zero-order valence-electron chi connectivity index (χ0n) is 15.0. The summed E-state index contributed by atoms with van der Waals surface area (Å²) in [6.07, 6.45) is 4.98. The molecular formula is C20H26N2O4. The largest absolute Gasteiger partial charge is 0.481 e. The molecular weight excluding hydrogens is 332 g/mol. The number of carbonyl (C=O) groups excluding carboxylic acids is 2. The predicted octanol–water partition coefficient (Wildman–Crippen LogP) is 3.04. The second kappa shape index (κ2) is 7.89. The molecule has 0 spiro atoms. The van der Waals surface area contributed by atoms with Gasteiger partial charge in [0.1, 0.15) is 0 Å². The van der Waals surface area contributed by atoms with Crippen LogP contribution in [0.3, 0.4) is 0 Å². The van der Waals surface area contributed by atoms with E-state index in [0.29, 0.717) is 30.0 Å². The van der Waals surface area contributed by atoms with Crippen LogP contribution in [0, 0.1) is 17.8 Å². The van der Waals surface area contributed by atoms with Crippen LogP contribution in [-0.4, -0.2) is 28.9 Å². The summed E-state index contributed by atoms with van der Waals surface area (Å²) in [6.45, 7) is 2.04. The quantitative estimate of drug-likeness (QED) is 0.705. The molecule has 0 aliphatic heterocycles. The van der Waals surface area contributed by atoms with Crippen LogP contribution in [0.2, 0.25) is 0 Å². The molecule has 1 aromatic carbocycles. The van der Waals surface area contributed by atoms with Gasteiger partial charge in [0, 0.05) is 23.2 Å². The van der Waals surface area contributed by atoms with Crippen LogP contribution in [-0.2, 0) is 9.59 Å². The molecule has 0 bridgehead atoms. The number of anilines is 1. The third-order valence-corrected chi connectivity index (χ3v) is 5.49. The normalized spacial score (nSPS) is 27.9. The third kappa shape index (κ3) is 4.42. The second-order valence-electron chi connectivity index (χ2n) is 7.55. The van der Waals surface area contributed by atoms with Crippen LogP contribution < -0.4 is 10.6 Å². The first-order valence-electron chi connectivity index (χ1n) is 9.40. The molecule has 2 aliphatic rings. The molecule has 3 N–H and O–H groups in total. The minimum Gasteiger partial charge on any atom is -0.481 e.